The number of rotatable bonds is 13. The zero-order valence-electron chi connectivity index (χ0n) is 20.9. The van der Waals surface area contributed by atoms with Crippen LogP contribution in [0.2, 0.25) is 0 Å². The van der Waals surface area contributed by atoms with E-state index in [1.807, 2.05) is 42.5 Å². The summed E-state index contributed by atoms with van der Waals surface area (Å²) >= 11 is 0. The number of hydrogen-bond donors (Lipinski definition) is 3. The van der Waals surface area contributed by atoms with Crippen molar-refractivity contribution >= 4 is 5.97 Å². The molecule has 0 fully saturated rings. The minimum absolute atomic E-state index is 0.0104. The van der Waals surface area contributed by atoms with Gasteiger partial charge in [0.25, 0.3) is 0 Å². The van der Waals surface area contributed by atoms with Gasteiger partial charge in [-0.25, -0.2) is 4.79 Å². The number of carboxylic acids is 1. The average molecular weight is 508 g/mol. The van der Waals surface area contributed by atoms with Crippen LogP contribution in [0.1, 0.15) is 22.3 Å². The predicted molar refractivity (Wildman–Crippen MR) is 140 cm³/mol. The molecule has 0 saturated heterocycles. The van der Waals surface area contributed by atoms with E-state index in [-0.39, 0.29) is 24.9 Å². The molecule has 3 N–H and O–H groups in total. The van der Waals surface area contributed by atoms with Crippen LogP contribution < -0.4 is 19.5 Å². The lowest BCUT2D eigenvalue weighted by Crippen LogP contribution is -2.39. The zero-order valence-corrected chi connectivity index (χ0v) is 20.9. The average Bonchev–Trinajstić information content (AvgIpc) is 2.92. The molecule has 0 saturated carbocycles. The fraction of sp³-hybridized carbons (Fsp3) is 0.345. The van der Waals surface area contributed by atoms with E-state index in [0.717, 1.165) is 41.0 Å². The maximum absolute atomic E-state index is 11.6. The number of methoxy groups -OCH3 is 1. The predicted octanol–water partition coefficient (Wildman–Crippen LogP) is 3.80. The lowest BCUT2D eigenvalue weighted by molar-refractivity contribution is 0.0689. The van der Waals surface area contributed by atoms with E-state index in [2.05, 4.69) is 11.4 Å². The number of aliphatic hydroxyl groups excluding tert-OH is 1. The smallest absolute Gasteiger partial charge is 0.339 e. The van der Waals surface area contributed by atoms with Crippen LogP contribution >= 0.6 is 0 Å². The van der Waals surface area contributed by atoms with E-state index in [4.69, 9.17) is 18.9 Å². The van der Waals surface area contributed by atoms with Crippen molar-refractivity contribution in [2.75, 3.05) is 40.0 Å². The van der Waals surface area contributed by atoms with Gasteiger partial charge in [0.15, 0.2) is 0 Å². The van der Waals surface area contributed by atoms with Gasteiger partial charge in [-0.2, -0.15) is 0 Å². The Morgan fingerprint density at radius 3 is 2.62 bits per heavy atom. The van der Waals surface area contributed by atoms with E-state index in [1.54, 1.807) is 25.3 Å². The minimum Gasteiger partial charge on any atom is -0.491 e. The Morgan fingerprint density at radius 1 is 1.05 bits per heavy atom. The molecule has 0 radical (unpaired) electrons. The molecule has 196 valence electrons. The number of nitrogens with one attached hydrogen (secondary N) is 1. The fourth-order valence-corrected chi connectivity index (χ4v) is 4.18. The number of fused-ring (bicyclic) bond motifs is 1. The summed E-state index contributed by atoms with van der Waals surface area (Å²) in [6, 6.07) is 20.5. The minimum atomic E-state index is -1.03. The molecule has 0 unspecified atom stereocenters. The van der Waals surface area contributed by atoms with Gasteiger partial charge >= 0.3 is 5.97 Å². The molecule has 8 heteroatoms. The molecule has 8 nitrogen and oxygen atoms in total. The summed E-state index contributed by atoms with van der Waals surface area (Å²) < 4.78 is 22.4. The molecular formula is C29H33NO7. The molecule has 1 heterocycles. The Labute approximate surface area is 216 Å². The topological polar surface area (TPSA) is 106 Å². The van der Waals surface area contributed by atoms with Gasteiger partial charge in [0.1, 0.15) is 48.2 Å². The van der Waals surface area contributed by atoms with Crippen molar-refractivity contribution in [3.63, 3.8) is 0 Å². The summed E-state index contributed by atoms with van der Waals surface area (Å²) in [5, 5.41) is 22.9. The van der Waals surface area contributed by atoms with Crippen LogP contribution in [0.5, 0.6) is 17.2 Å². The van der Waals surface area contributed by atoms with Crippen molar-refractivity contribution in [2.45, 2.75) is 25.0 Å². The van der Waals surface area contributed by atoms with Gasteiger partial charge < -0.3 is 34.5 Å². The number of para-hydroxylation sites is 1. The number of hydrogen-bond acceptors (Lipinski definition) is 7. The molecule has 1 aliphatic heterocycles. The number of ether oxygens (including phenoxy) is 4. The zero-order chi connectivity index (χ0) is 26.0. The Balaban J connectivity index is 1.31. The van der Waals surface area contributed by atoms with E-state index in [1.165, 1.54) is 0 Å². The summed E-state index contributed by atoms with van der Waals surface area (Å²) in [5.41, 5.74) is 3.06. The van der Waals surface area contributed by atoms with Gasteiger partial charge in [-0.3, -0.25) is 0 Å². The van der Waals surface area contributed by atoms with Crippen LogP contribution in [0.25, 0.3) is 11.1 Å². The fourth-order valence-electron chi connectivity index (χ4n) is 4.18. The lowest BCUT2D eigenvalue weighted by atomic mass is 9.96. The molecule has 3 aromatic carbocycles. The molecule has 2 atom stereocenters. The summed E-state index contributed by atoms with van der Waals surface area (Å²) in [7, 11) is 1.57. The van der Waals surface area contributed by atoms with Gasteiger partial charge in [-0.15, -0.1) is 0 Å². The van der Waals surface area contributed by atoms with Crippen LogP contribution in [0.15, 0.2) is 66.7 Å². The van der Waals surface area contributed by atoms with Crippen LogP contribution in [0.3, 0.4) is 0 Å². The second-order valence-corrected chi connectivity index (χ2v) is 8.89. The summed E-state index contributed by atoms with van der Waals surface area (Å²) in [6.07, 6.45) is 1.11. The molecule has 0 bridgehead atoms. The molecule has 0 spiro atoms. The summed E-state index contributed by atoms with van der Waals surface area (Å²) in [6.45, 7) is 1.91. The maximum Gasteiger partial charge on any atom is 0.339 e. The molecule has 3 aromatic rings. The third kappa shape index (κ3) is 7.45. The second kappa shape index (κ2) is 13.1. The molecule has 4 rings (SSSR count). The number of carbonyl (C=O) groups is 1. The number of aromatic carboxylic acids is 1. The van der Waals surface area contributed by atoms with Crippen molar-refractivity contribution in [3.05, 3.63) is 77.9 Å². The monoisotopic (exact) mass is 507 g/mol. The molecule has 0 amide bonds. The first kappa shape index (κ1) is 26.5. The first-order chi connectivity index (χ1) is 18.0. The normalized spacial score (nSPS) is 15.4. The Hall–Kier alpha value is -3.59. The molecule has 37 heavy (non-hydrogen) atoms. The van der Waals surface area contributed by atoms with Crippen molar-refractivity contribution in [1.29, 1.82) is 0 Å². The Bertz CT molecular complexity index is 1170. The third-order valence-electron chi connectivity index (χ3n) is 6.12. The second-order valence-electron chi connectivity index (χ2n) is 8.89. The first-order valence-electron chi connectivity index (χ1n) is 12.4. The van der Waals surface area contributed by atoms with Crippen LogP contribution in [-0.4, -0.2) is 68.4 Å². The lowest BCUT2D eigenvalue weighted by Gasteiger charge is -2.27. The summed E-state index contributed by atoms with van der Waals surface area (Å²) in [5.74, 6) is 0.863. The Kier molecular flexibility index (Phi) is 9.37. The molecular weight excluding hydrogens is 474 g/mol. The number of aryl methyl sites for hydroxylation is 1. The SMILES string of the molecule is COCCOc1cc(-c2ccc3c(c2)CC[C@H](CNC[C@H](O)COc2ccccc2)O3)ccc1C(=O)O. The molecule has 1 aliphatic rings. The highest BCUT2D eigenvalue weighted by Crippen LogP contribution is 2.34. The van der Waals surface area contributed by atoms with Crippen LogP contribution in [-0.2, 0) is 11.2 Å². The van der Waals surface area contributed by atoms with Gasteiger partial charge in [-0.1, -0.05) is 30.3 Å². The van der Waals surface area contributed by atoms with Crippen molar-refractivity contribution in [3.8, 4) is 28.4 Å². The van der Waals surface area contributed by atoms with Crippen molar-refractivity contribution < 1.29 is 34.0 Å². The maximum atomic E-state index is 11.6. The number of benzene rings is 3. The van der Waals surface area contributed by atoms with Crippen molar-refractivity contribution in [1.82, 2.24) is 5.32 Å². The van der Waals surface area contributed by atoms with Crippen LogP contribution in [0.4, 0.5) is 0 Å². The number of carboxylic acid groups (broad SMARTS) is 1. The molecule has 0 aromatic heterocycles. The van der Waals surface area contributed by atoms with Gasteiger partial charge in [-0.05, 0) is 65.9 Å². The highest BCUT2D eigenvalue weighted by molar-refractivity contribution is 5.92. The van der Waals surface area contributed by atoms with Gasteiger partial charge in [0.2, 0.25) is 0 Å². The first-order valence-corrected chi connectivity index (χ1v) is 12.4. The van der Waals surface area contributed by atoms with Crippen molar-refractivity contribution in [2.24, 2.45) is 0 Å². The van der Waals surface area contributed by atoms with E-state index >= 15 is 0 Å². The standard InChI is InChI=1S/C29H33NO7/c1-34-13-14-35-28-16-21(8-11-26(28)29(32)33)20-9-12-27-22(15-20)7-10-25(37-27)18-30-17-23(31)19-36-24-5-3-2-4-6-24/h2-6,8-9,11-12,15-16,23,25,30-31H,7,10,13-14,17-19H2,1H3,(H,32,33)/t23-,25+/m0/s1. The van der Waals surface area contributed by atoms with E-state index in [9.17, 15) is 15.0 Å². The largest absolute Gasteiger partial charge is 0.491 e. The quantitative estimate of drug-likeness (QED) is 0.300. The Morgan fingerprint density at radius 2 is 1.84 bits per heavy atom. The van der Waals surface area contributed by atoms with E-state index < -0.39 is 12.1 Å². The van der Waals surface area contributed by atoms with Gasteiger partial charge in [0.05, 0.1) is 6.61 Å². The van der Waals surface area contributed by atoms with Crippen LogP contribution in [0, 0.1) is 0 Å². The van der Waals surface area contributed by atoms with E-state index in [0.29, 0.717) is 25.4 Å². The molecule has 0 aliphatic carbocycles. The van der Waals surface area contributed by atoms with Gasteiger partial charge in [0, 0.05) is 20.2 Å². The number of aliphatic hydroxyl groups is 1. The highest BCUT2D eigenvalue weighted by atomic mass is 16.5. The third-order valence-corrected chi connectivity index (χ3v) is 6.12. The highest BCUT2D eigenvalue weighted by Gasteiger charge is 2.21. The summed E-state index contributed by atoms with van der Waals surface area (Å²) in [4.78, 5) is 11.6.